The number of anilines is 3. The normalized spacial score (nSPS) is 10.8. The van der Waals surface area contributed by atoms with Gasteiger partial charge in [0.2, 0.25) is 10.0 Å². The standard InChI is InChI=1S/C14H14IN3O3S/c1-22(20,21)18-13-8-6-12(7-9-13)17-14(19)16-11-4-2-10(15)3-5-11/h2-9,18H,1H3,(H2,16,17,19). The molecule has 0 aromatic heterocycles. The van der Waals surface area contributed by atoms with E-state index in [1.165, 1.54) is 0 Å². The average molecular weight is 431 g/mol. The molecule has 0 aliphatic carbocycles. The van der Waals surface area contributed by atoms with E-state index in [1.54, 1.807) is 36.4 Å². The number of carbonyl (C=O) groups excluding carboxylic acids is 1. The second-order valence-corrected chi connectivity index (χ2v) is 7.53. The Morgan fingerprint density at radius 1 is 0.864 bits per heavy atom. The smallest absolute Gasteiger partial charge is 0.308 e. The number of carbonyl (C=O) groups is 1. The molecule has 0 atom stereocenters. The van der Waals surface area contributed by atoms with Crippen LogP contribution in [0.25, 0.3) is 0 Å². The Morgan fingerprint density at radius 2 is 1.27 bits per heavy atom. The van der Waals surface area contributed by atoms with Crippen molar-refractivity contribution < 1.29 is 13.2 Å². The van der Waals surface area contributed by atoms with Gasteiger partial charge in [-0.05, 0) is 71.1 Å². The number of halogens is 1. The Bertz CT molecular complexity index is 759. The first-order chi connectivity index (χ1) is 10.3. The van der Waals surface area contributed by atoms with E-state index in [1.807, 2.05) is 12.1 Å². The SMILES string of the molecule is CS(=O)(=O)Nc1ccc(NC(=O)Nc2ccc(I)cc2)cc1. The lowest BCUT2D eigenvalue weighted by Crippen LogP contribution is -2.19. The van der Waals surface area contributed by atoms with Crippen molar-refractivity contribution in [2.24, 2.45) is 0 Å². The van der Waals surface area contributed by atoms with Crippen molar-refractivity contribution in [1.29, 1.82) is 0 Å². The zero-order chi connectivity index (χ0) is 16.2. The third-order valence-corrected chi connectivity index (χ3v) is 3.87. The Hall–Kier alpha value is -1.81. The van der Waals surface area contributed by atoms with E-state index < -0.39 is 10.0 Å². The maximum absolute atomic E-state index is 11.8. The van der Waals surface area contributed by atoms with Crippen molar-refractivity contribution in [3.63, 3.8) is 0 Å². The van der Waals surface area contributed by atoms with E-state index in [9.17, 15) is 13.2 Å². The van der Waals surface area contributed by atoms with Crippen molar-refractivity contribution in [2.75, 3.05) is 21.6 Å². The molecule has 3 N–H and O–H groups in total. The number of benzene rings is 2. The molecule has 0 saturated heterocycles. The molecule has 0 saturated carbocycles. The fourth-order valence-corrected chi connectivity index (χ4v) is 2.59. The first-order valence-electron chi connectivity index (χ1n) is 6.23. The molecule has 0 bridgehead atoms. The summed E-state index contributed by atoms with van der Waals surface area (Å²) in [6, 6.07) is 13.4. The van der Waals surface area contributed by atoms with Crippen molar-refractivity contribution in [2.45, 2.75) is 0 Å². The first-order valence-corrected chi connectivity index (χ1v) is 9.20. The van der Waals surface area contributed by atoms with E-state index in [2.05, 4.69) is 37.9 Å². The van der Waals surface area contributed by atoms with Gasteiger partial charge in [0.25, 0.3) is 0 Å². The summed E-state index contributed by atoms with van der Waals surface area (Å²) in [6.45, 7) is 0. The minimum Gasteiger partial charge on any atom is -0.308 e. The Labute approximate surface area is 142 Å². The highest BCUT2D eigenvalue weighted by Gasteiger charge is 2.04. The zero-order valence-corrected chi connectivity index (χ0v) is 14.6. The van der Waals surface area contributed by atoms with Crippen molar-refractivity contribution in [1.82, 2.24) is 0 Å². The van der Waals surface area contributed by atoms with Gasteiger partial charge in [-0.3, -0.25) is 4.72 Å². The second-order valence-electron chi connectivity index (χ2n) is 4.54. The zero-order valence-electron chi connectivity index (χ0n) is 11.6. The lowest BCUT2D eigenvalue weighted by molar-refractivity contribution is 0.262. The van der Waals surface area contributed by atoms with E-state index >= 15 is 0 Å². The molecule has 0 aliphatic heterocycles. The monoisotopic (exact) mass is 431 g/mol. The van der Waals surface area contributed by atoms with Crippen LogP contribution < -0.4 is 15.4 Å². The summed E-state index contributed by atoms with van der Waals surface area (Å²) >= 11 is 2.18. The molecule has 8 heteroatoms. The summed E-state index contributed by atoms with van der Waals surface area (Å²) in [7, 11) is -3.31. The van der Waals surface area contributed by atoms with Gasteiger partial charge in [0.15, 0.2) is 0 Å². The molecular weight excluding hydrogens is 417 g/mol. The van der Waals surface area contributed by atoms with Crippen LogP contribution in [0.3, 0.4) is 0 Å². The summed E-state index contributed by atoms with van der Waals surface area (Å²) in [6.07, 6.45) is 1.08. The molecule has 0 heterocycles. The Morgan fingerprint density at radius 3 is 1.73 bits per heavy atom. The van der Waals surface area contributed by atoms with Crippen LogP contribution >= 0.6 is 22.6 Å². The molecule has 2 rings (SSSR count). The van der Waals surface area contributed by atoms with Crippen LogP contribution in [0.1, 0.15) is 0 Å². The summed E-state index contributed by atoms with van der Waals surface area (Å²) in [5.74, 6) is 0. The van der Waals surface area contributed by atoms with Crippen molar-refractivity contribution in [3.8, 4) is 0 Å². The third kappa shape index (κ3) is 5.53. The number of urea groups is 1. The highest BCUT2D eigenvalue weighted by molar-refractivity contribution is 14.1. The van der Waals surface area contributed by atoms with Crippen LogP contribution in [0, 0.1) is 3.57 Å². The molecule has 116 valence electrons. The van der Waals surface area contributed by atoms with E-state index in [0.29, 0.717) is 17.1 Å². The van der Waals surface area contributed by atoms with Gasteiger partial charge >= 0.3 is 6.03 Å². The fraction of sp³-hybridized carbons (Fsp3) is 0.0714. The van der Waals surface area contributed by atoms with E-state index in [4.69, 9.17) is 0 Å². The largest absolute Gasteiger partial charge is 0.323 e. The molecule has 22 heavy (non-hydrogen) atoms. The molecule has 2 aromatic rings. The minimum absolute atomic E-state index is 0.370. The summed E-state index contributed by atoms with van der Waals surface area (Å²) in [5.41, 5.74) is 1.68. The molecule has 0 aliphatic rings. The van der Waals surface area contributed by atoms with Crippen LogP contribution in [0.4, 0.5) is 21.9 Å². The summed E-state index contributed by atoms with van der Waals surface area (Å²) < 4.78 is 25.6. The van der Waals surface area contributed by atoms with Crippen LogP contribution in [0.2, 0.25) is 0 Å². The maximum Gasteiger partial charge on any atom is 0.323 e. The quantitative estimate of drug-likeness (QED) is 0.650. The number of amides is 2. The van der Waals surface area contributed by atoms with Gasteiger partial charge in [-0.25, -0.2) is 13.2 Å². The number of nitrogens with one attached hydrogen (secondary N) is 3. The van der Waals surface area contributed by atoms with E-state index in [-0.39, 0.29) is 6.03 Å². The van der Waals surface area contributed by atoms with Gasteiger partial charge in [-0.15, -0.1) is 0 Å². The Balaban J connectivity index is 1.95. The molecule has 2 aromatic carbocycles. The van der Waals surface area contributed by atoms with Gasteiger partial charge < -0.3 is 10.6 Å². The van der Waals surface area contributed by atoms with Gasteiger partial charge in [0.1, 0.15) is 0 Å². The second kappa shape index (κ2) is 6.97. The predicted octanol–water partition coefficient (Wildman–Crippen LogP) is 3.31. The third-order valence-electron chi connectivity index (χ3n) is 2.55. The van der Waals surface area contributed by atoms with Crippen LogP contribution in [0.15, 0.2) is 48.5 Å². The lowest BCUT2D eigenvalue weighted by atomic mass is 10.3. The minimum atomic E-state index is -3.31. The van der Waals surface area contributed by atoms with Crippen LogP contribution in [0.5, 0.6) is 0 Å². The number of hydrogen-bond acceptors (Lipinski definition) is 3. The molecule has 0 unspecified atom stereocenters. The maximum atomic E-state index is 11.8. The first kappa shape index (κ1) is 16.6. The molecule has 0 radical (unpaired) electrons. The highest BCUT2D eigenvalue weighted by atomic mass is 127. The molecule has 2 amide bonds. The number of hydrogen-bond donors (Lipinski definition) is 3. The van der Waals surface area contributed by atoms with Crippen molar-refractivity contribution >= 4 is 55.7 Å². The van der Waals surface area contributed by atoms with Gasteiger partial charge in [-0.1, -0.05) is 0 Å². The van der Waals surface area contributed by atoms with Crippen LogP contribution in [-0.4, -0.2) is 20.7 Å². The fourth-order valence-electron chi connectivity index (χ4n) is 1.66. The molecule has 0 spiro atoms. The predicted molar refractivity (Wildman–Crippen MR) is 96.7 cm³/mol. The average Bonchev–Trinajstić information content (AvgIpc) is 2.42. The Kier molecular flexibility index (Phi) is 5.24. The highest BCUT2D eigenvalue weighted by Crippen LogP contribution is 2.15. The molecule has 0 fully saturated rings. The van der Waals surface area contributed by atoms with Gasteiger partial charge in [0, 0.05) is 20.6 Å². The van der Waals surface area contributed by atoms with Gasteiger partial charge in [-0.2, -0.15) is 0 Å². The number of sulfonamides is 1. The van der Waals surface area contributed by atoms with Crippen LogP contribution in [-0.2, 0) is 10.0 Å². The summed E-state index contributed by atoms with van der Waals surface area (Å²) in [5, 5.41) is 5.37. The molecule has 6 nitrogen and oxygen atoms in total. The summed E-state index contributed by atoms with van der Waals surface area (Å²) in [4.78, 5) is 11.8. The van der Waals surface area contributed by atoms with E-state index in [0.717, 1.165) is 9.83 Å². The van der Waals surface area contributed by atoms with Crippen molar-refractivity contribution in [3.05, 3.63) is 52.1 Å². The lowest BCUT2D eigenvalue weighted by Gasteiger charge is -2.09. The van der Waals surface area contributed by atoms with Gasteiger partial charge in [0.05, 0.1) is 6.26 Å². The number of rotatable bonds is 4. The topological polar surface area (TPSA) is 87.3 Å². The molecular formula is C14H14IN3O3S.